The average molecular weight is 250 g/mol. The van der Waals surface area contributed by atoms with E-state index in [4.69, 9.17) is 0 Å². The van der Waals surface area contributed by atoms with Gasteiger partial charge in [0.05, 0.1) is 4.92 Å². The molecule has 0 aliphatic rings. The first-order chi connectivity index (χ1) is 8.67. The van der Waals surface area contributed by atoms with Gasteiger partial charge in [-0.3, -0.25) is 10.1 Å². The van der Waals surface area contributed by atoms with Crippen molar-refractivity contribution in [2.45, 2.75) is 33.1 Å². The van der Waals surface area contributed by atoms with E-state index in [9.17, 15) is 10.1 Å². The number of hydrogen-bond donors (Lipinski definition) is 0. The normalized spacial score (nSPS) is 10.8. The lowest BCUT2D eigenvalue weighted by atomic mass is 10.1. The number of nitro groups is 1. The number of nitrogens with zero attached hydrogens (tertiary/aromatic N) is 2. The van der Waals surface area contributed by atoms with Crippen molar-refractivity contribution in [2.24, 2.45) is 0 Å². The fourth-order valence-corrected chi connectivity index (χ4v) is 2.04. The fraction of sp³-hybridized carbons (Fsp3) is 0.571. The second kappa shape index (κ2) is 7.82. The molecule has 100 valence electrons. The Labute approximate surface area is 109 Å². The van der Waals surface area contributed by atoms with Crippen molar-refractivity contribution >= 4 is 5.69 Å². The average Bonchev–Trinajstić information content (AvgIpc) is 2.37. The van der Waals surface area contributed by atoms with Crippen molar-refractivity contribution in [3.8, 4) is 0 Å². The molecule has 1 aromatic rings. The summed E-state index contributed by atoms with van der Waals surface area (Å²) in [6, 6.07) is 6.88. The highest BCUT2D eigenvalue weighted by molar-refractivity contribution is 5.32. The van der Waals surface area contributed by atoms with Crippen molar-refractivity contribution in [3.05, 3.63) is 39.9 Å². The molecule has 0 N–H and O–H groups in total. The standard InChI is InChI=1S/C14H22N2O2/c1-3-10-15(11-4-2)12-9-13-5-7-14(8-6-13)16(17)18/h5-8H,3-4,9-12H2,1-2H3. The van der Waals surface area contributed by atoms with Gasteiger partial charge in [0.15, 0.2) is 0 Å². The Bertz CT molecular complexity index is 357. The zero-order valence-corrected chi connectivity index (χ0v) is 11.3. The van der Waals surface area contributed by atoms with E-state index >= 15 is 0 Å². The van der Waals surface area contributed by atoms with Crippen molar-refractivity contribution in [2.75, 3.05) is 19.6 Å². The molecule has 1 aromatic carbocycles. The van der Waals surface area contributed by atoms with E-state index < -0.39 is 0 Å². The molecule has 4 nitrogen and oxygen atoms in total. The molecule has 0 bridgehead atoms. The van der Waals surface area contributed by atoms with Crippen LogP contribution in [0.25, 0.3) is 0 Å². The Morgan fingerprint density at radius 1 is 1.06 bits per heavy atom. The van der Waals surface area contributed by atoms with Crippen LogP contribution >= 0.6 is 0 Å². The smallest absolute Gasteiger partial charge is 0.269 e. The Morgan fingerprint density at radius 2 is 1.61 bits per heavy atom. The molecule has 0 fully saturated rings. The van der Waals surface area contributed by atoms with Gasteiger partial charge < -0.3 is 4.90 Å². The van der Waals surface area contributed by atoms with Crippen molar-refractivity contribution in [1.29, 1.82) is 0 Å². The van der Waals surface area contributed by atoms with Crippen LogP contribution in [0.3, 0.4) is 0 Å². The Morgan fingerprint density at radius 3 is 2.06 bits per heavy atom. The Hall–Kier alpha value is -1.42. The minimum Gasteiger partial charge on any atom is -0.303 e. The van der Waals surface area contributed by atoms with Gasteiger partial charge in [0.1, 0.15) is 0 Å². The molecular weight excluding hydrogens is 228 g/mol. The van der Waals surface area contributed by atoms with Crippen molar-refractivity contribution in [3.63, 3.8) is 0 Å². The monoisotopic (exact) mass is 250 g/mol. The van der Waals surface area contributed by atoms with E-state index in [2.05, 4.69) is 18.7 Å². The third kappa shape index (κ3) is 4.84. The summed E-state index contributed by atoms with van der Waals surface area (Å²) in [6.07, 6.45) is 3.29. The topological polar surface area (TPSA) is 46.4 Å². The lowest BCUT2D eigenvalue weighted by Gasteiger charge is -2.20. The third-order valence-electron chi connectivity index (χ3n) is 2.94. The molecule has 0 spiro atoms. The number of benzene rings is 1. The lowest BCUT2D eigenvalue weighted by Crippen LogP contribution is -2.27. The molecule has 18 heavy (non-hydrogen) atoms. The lowest BCUT2D eigenvalue weighted by molar-refractivity contribution is -0.384. The maximum absolute atomic E-state index is 10.5. The molecule has 0 heterocycles. The highest BCUT2D eigenvalue weighted by Gasteiger charge is 2.06. The van der Waals surface area contributed by atoms with E-state index in [1.165, 1.54) is 12.8 Å². The summed E-state index contributed by atoms with van der Waals surface area (Å²) in [5.41, 5.74) is 1.33. The second-order valence-electron chi connectivity index (χ2n) is 4.52. The molecule has 0 unspecified atom stereocenters. The van der Waals surface area contributed by atoms with Crippen LogP contribution in [0, 0.1) is 10.1 Å². The predicted octanol–water partition coefficient (Wildman–Crippen LogP) is 3.26. The molecule has 0 saturated heterocycles. The molecule has 0 aliphatic carbocycles. The molecule has 0 amide bonds. The fourth-order valence-electron chi connectivity index (χ4n) is 2.04. The highest BCUT2D eigenvalue weighted by atomic mass is 16.6. The van der Waals surface area contributed by atoms with Crippen LogP contribution in [0.4, 0.5) is 5.69 Å². The SMILES string of the molecule is CCCN(CCC)CCc1ccc([N+](=O)[O-])cc1. The zero-order chi connectivity index (χ0) is 13.4. The van der Waals surface area contributed by atoms with Crippen LogP contribution in [0.15, 0.2) is 24.3 Å². The van der Waals surface area contributed by atoms with E-state index in [0.717, 1.165) is 31.6 Å². The zero-order valence-electron chi connectivity index (χ0n) is 11.3. The summed E-state index contributed by atoms with van der Waals surface area (Å²) in [4.78, 5) is 12.6. The molecule has 0 radical (unpaired) electrons. The Balaban J connectivity index is 2.48. The summed E-state index contributed by atoms with van der Waals surface area (Å²) >= 11 is 0. The molecule has 0 atom stereocenters. The van der Waals surface area contributed by atoms with Gasteiger partial charge in [0.2, 0.25) is 0 Å². The number of nitro benzene ring substituents is 1. The summed E-state index contributed by atoms with van der Waals surface area (Å²) in [7, 11) is 0. The Kier molecular flexibility index (Phi) is 6.36. The quantitative estimate of drug-likeness (QED) is 0.525. The summed E-state index contributed by atoms with van der Waals surface area (Å²) < 4.78 is 0. The number of rotatable bonds is 8. The summed E-state index contributed by atoms with van der Waals surface area (Å²) in [5.74, 6) is 0. The molecular formula is C14H22N2O2. The van der Waals surface area contributed by atoms with E-state index in [0.29, 0.717) is 0 Å². The summed E-state index contributed by atoms with van der Waals surface area (Å²) in [5, 5.41) is 10.5. The first-order valence-electron chi connectivity index (χ1n) is 6.63. The van der Waals surface area contributed by atoms with Gasteiger partial charge >= 0.3 is 0 Å². The van der Waals surface area contributed by atoms with Crippen LogP contribution in [-0.2, 0) is 6.42 Å². The second-order valence-corrected chi connectivity index (χ2v) is 4.52. The van der Waals surface area contributed by atoms with Crippen molar-refractivity contribution < 1.29 is 4.92 Å². The maximum Gasteiger partial charge on any atom is 0.269 e. The van der Waals surface area contributed by atoms with Gasteiger partial charge in [0, 0.05) is 18.7 Å². The molecule has 0 saturated carbocycles. The van der Waals surface area contributed by atoms with Gasteiger partial charge in [-0.15, -0.1) is 0 Å². The molecule has 1 rings (SSSR count). The number of non-ortho nitro benzene ring substituents is 1. The van der Waals surface area contributed by atoms with Gasteiger partial charge in [0.25, 0.3) is 5.69 Å². The first kappa shape index (κ1) is 14.6. The van der Waals surface area contributed by atoms with Gasteiger partial charge in [-0.05, 0) is 37.9 Å². The van der Waals surface area contributed by atoms with Gasteiger partial charge in [-0.1, -0.05) is 26.0 Å². The third-order valence-corrected chi connectivity index (χ3v) is 2.94. The first-order valence-corrected chi connectivity index (χ1v) is 6.63. The van der Waals surface area contributed by atoms with Crippen molar-refractivity contribution in [1.82, 2.24) is 4.90 Å². The number of hydrogen-bond acceptors (Lipinski definition) is 3. The maximum atomic E-state index is 10.5. The van der Waals surface area contributed by atoms with E-state index in [1.807, 2.05) is 12.1 Å². The minimum absolute atomic E-state index is 0.165. The molecule has 4 heteroatoms. The molecule has 0 aromatic heterocycles. The molecule has 0 aliphatic heterocycles. The van der Waals surface area contributed by atoms with Crippen LogP contribution < -0.4 is 0 Å². The largest absolute Gasteiger partial charge is 0.303 e. The predicted molar refractivity (Wildman–Crippen MR) is 73.8 cm³/mol. The van der Waals surface area contributed by atoms with Crippen LogP contribution in [-0.4, -0.2) is 29.5 Å². The minimum atomic E-state index is -0.357. The van der Waals surface area contributed by atoms with Crippen LogP contribution in [0.2, 0.25) is 0 Å². The van der Waals surface area contributed by atoms with Gasteiger partial charge in [-0.25, -0.2) is 0 Å². The summed E-state index contributed by atoms with van der Waals surface area (Å²) in [6.45, 7) is 7.66. The highest BCUT2D eigenvalue weighted by Crippen LogP contribution is 2.12. The van der Waals surface area contributed by atoms with Crippen LogP contribution in [0.1, 0.15) is 32.3 Å². The van der Waals surface area contributed by atoms with Crippen LogP contribution in [0.5, 0.6) is 0 Å². The van der Waals surface area contributed by atoms with E-state index in [-0.39, 0.29) is 10.6 Å². The van der Waals surface area contributed by atoms with Gasteiger partial charge in [-0.2, -0.15) is 0 Å². The van der Waals surface area contributed by atoms with E-state index in [1.54, 1.807) is 12.1 Å².